The van der Waals surface area contributed by atoms with E-state index in [9.17, 15) is 14.0 Å². The van der Waals surface area contributed by atoms with E-state index in [-0.39, 0.29) is 23.5 Å². The van der Waals surface area contributed by atoms with Crippen LogP contribution in [0.1, 0.15) is 46.3 Å². The molecule has 3 aromatic rings. The number of amides is 2. The number of halogens is 1. The number of carbonyl (C=O) groups is 2. The SMILES string of the molecule is CCC(C(=O)NCc1ccc2c(c1)CCN2C(=O)c1ccc(F)cc1)c1ccccc1. The molecule has 1 unspecified atom stereocenters. The highest BCUT2D eigenvalue weighted by atomic mass is 19.1. The standard InChI is InChI=1S/C26H25FN2O2/c1-2-23(19-6-4-3-5-7-19)25(30)28-17-18-8-13-24-21(16-18)14-15-29(24)26(31)20-9-11-22(27)12-10-20/h3-13,16,23H,2,14-15,17H2,1H3,(H,28,30). The van der Waals surface area contributed by atoms with Gasteiger partial charge < -0.3 is 10.2 Å². The molecule has 158 valence electrons. The van der Waals surface area contributed by atoms with Gasteiger partial charge in [0.15, 0.2) is 0 Å². The van der Waals surface area contributed by atoms with Crippen molar-refractivity contribution in [3.8, 4) is 0 Å². The highest BCUT2D eigenvalue weighted by Gasteiger charge is 2.26. The predicted molar refractivity (Wildman–Crippen MR) is 120 cm³/mol. The predicted octanol–water partition coefficient (Wildman–Crippen LogP) is 4.84. The molecular formula is C26H25FN2O2. The fraction of sp³-hybridized carbons (Fsp3) is 0.231. The number of anilines is 1. The molecule has 4 nitrogen and oxygen atoms in total. The van der Waals surface area contributed by atoms with Gasteiger partial charge in [0.1, 0.15) is 5.82 Å². The molecule has 31 heavy (non-hydrogen) atoms. The van der Waals surface area contributed by atoms with Crippen molar-refractivity contribution in [3.63, 3.8) is 0 Å². The van der Waals surface area contributed by atoms with Gasteiger partial charge in [-0.2, -0.15) is 0 Å². The van der Waals surface area contributed by atoms with Crippen LogP contribution in [-0.4, -0.2) is 18.4 Å². The summed E-state index contributed by atoms with van der Waals surface area (Å²) >= 11 is 0. The third-order valence-corrected chi connectivity index (χ3v) is 5.77. The fourth-order valence-corrected chi connectivity index (χ4v) is 4.09. The van der Waals surface area contributed by atoms with Gasteiger partial charge in [0.2, 0.25) is 5.91 Å². The second kappa shape index (κ2) is 9.13. The Morgan fingerprint density at radius 2 is 1.77 bits per heavy atom. The number of hydrogen-bond donors (Lipinski definition) is 1. The molecule has 1 N–H and O–H groups in total. The molecule has 0 radical (unpaired) electrons. The third-order valence-electron chi connectivity index (χ3n) is 5.77. The lowest BCUT2D eigenvalue weighted by Crippen LogP contribution is -2.29. The smallest absolute Gasteiger partial charge is 0.258 e. The van der Waals surface area contributed by atoms with E-state index in [0.717, 1.165) is 35.2 Å². The molecule has 0 saturated carbocycles. The van der Waals surface area contributed by atoms with Gasteiger partial charge in [-0.15, -0.1) is 0 Å². The number of hydrogen-bond acceptors (Lipinski definition) is 2. The van der Waals surface area contributed by atoms with E-state index in [4.69, 9.17) is 0 Å². The van der Waals surface area contributed by atoms with Crippen molar-refractivity contribution in [1.29, 1.82) is 0 Å². The van der Waals surface area contributed by atoms with E-state index in [1.54, 1.807) is 4.90 Å². The minimum absolute atomic E-state index is 0.0160. The lowest BCUT2D eigenvalue weighted by atomic mass is 9.95. The van der Waals surface area contributed by atoms with E-state index in [1.807, 2.05) is 49.4 Å². The number of carbonyl (C=O) groups excluding carboxylic acids is 2. The second-order valence-electron chi connectivity index (χ2n) is 7.77. The minimum atomic E-state index is -0.359. The Morgan fingerprint density at radius 1 is 1.03 bits per heavy atom. The highest BCUT2D eigenvalue weighted by molar-refractivity contribution is 6.07. The van der Waals surface area contributed by atoms with Crippen LogP contribution in [0.4, 0.5) is 10.1 Å². The molecule has 1 atom stereocenters. The van der Waals surface area contributed by atoms with Crippen LogP contribution in [0.5, 0.6) is 0 Å². The molecular weight excluding hydrogens is 391 g/mol. The minimum Gasteiger partial charge on any atom is -0.351 e. The van der Waals surface area contributed by atoms with Gasteiger partial charge in [-0.25, -0.2) is 4.39 Å². The number of rotatable bonds is 6. The van der Waals surface area contributed by atoms with Crippen LogP contribution in [0.25, 0.3) is 0 Å². The van der Waals surface area contributed by atoms with Crippen LogP contribution in [0.15, 0.2) is 72.8 Å². The molecule has 1 heterocycles. The zero-order valence-electron chi connectivity index (χ0n) is 17.5. The van der Waals surface area contributed by atoms with Crippen molar-refractivity contribution >= 4 is 17.5 Å². The lowest BCUT2D eigenvalue weighted by molar-refractivity contribution is -0.122. The van der Waals surface area contributed by atoms with Gasteiger partial charge in [-0.3, -0.25) is 9.59 Å². The average Bonchev–Trinajstić information content (AvgIpc) is 3.22. The maximum Gasteiger partial charge on any atom is 0.258 e. The van der Waals surface area contributed by atoms with Crippen molar-refractivity contribution < 1.29 is 14.0 Å². The van der Waals surface area contributed by atoms with Crippen molar-refractivity contribution in [2.24, 2.45) is 0 Å². The first-order valence-electron chi connectivity index (χ1n) is 10.6. The van der Waals surface area contributed by atoms with Crippen LogP contribution in [0.2, 0.25) is 0 Å². The quantitative estimate of drug-likeness (QED) is 0.625. The fourth-order valence-electron chi connectivity index (χ4n) is 4.09. The van der Waals surface area contributed by atoms with Crippen LogP contribution < -0.4 is 10.2 Å². The Morgan fingerprint density at radius 3 is 2.48 bits per heavy atom. The molecule has 0 bridgehead atoms. The lowest BCUT2D eigenvalue weighted by Gasteiger charge is -2.18. The first-order valence-corrected chi connectivity index (χ1v) is 10.6. The number of fused-ring (bicyclic) bond motifs is 1. The molecule has 4 rings (SSSR count). The molecule has 3 aromatic carbocycles. The van der Waals surface area contributed by atoms with E-state index in [0.29, 0.717) is 18.7 Å². The summed E-state index contributed by atoms with van der Waals surface area (Å²) in [4.78, 5) is 27.3. The summed E-state index contributed by atoms with van der Waals surface area (Å²) in [5, 5.41) is 3.05. The van der Waals surface area contributed by atoms with Crippen molar-refractivity contribution in [1.82, 2.24) is 5.32 Å². The van der Waals surface area contributed by atoms with Gasteiger partial charge in [-0.05, 0) is 59.9 Å². The molecule has 0 aliphatic carbocycles. The zero-order chi connectivity index (χ0) is 21.8. The van der Waals surface area contributed by atoms with Crippen molar-refractivity contribution in [2.75, 3.05) is 11.4 Å². The monoisotopic (exact) mass is 416 g/mol. The molecule has 0 aromatic heterocycles. The second-order valence-corrected chi connectivity index (χ2v) is 7.77. The van der Waals surface area contributed by atoms with E-state index in [1.165, 1.54) is 24.3 Å². The summed E-state index contributed by atoms with van der Waals surface area (Å²) in [5.74, 6) is -0.641. The summed E-state index contributed by atoms with van der Waals surface area (Å²) in [7, 11) is 0. The Hall–Kier alpha value is -3.47. The van der Waals surface area contributed by atoms with Crippen LogP contribution in [0.3, 0.4) is 0 Å². The van der Waals surface area contributed by atoms with E-state index >= 15 is 0 Å². The van der Waals surface area contributed by atoms with E-state index < -0.39 is 0 Å². The first kappa shape index (κ1) is 20.8. The van der Waals surface area contributed by atoms with Crippen molar-refractivity contribution in [2.45, 2.75) is 32.2 Å². The summed E-state index contributed by atoms with van der Waals surface area (Å²) in [6.45, 7) is 3.05. The zero-order valence-corrected chi connectivity index (χ0v) is 17.5. The van der Waals surface area contributed by atoms with Crippen LogP contribution >= 0.6 is 0 Å². The van der Waals surface area contributed by atoms with Crippen LogP contribution in [-0.2, 0) is 17.8 Å². The summed E-state index contributed by atoms with van der Waals surface area (Å²) in [6.07, 6.45) is 1.49. The topological polar surface area (TPSA) is 49.4 Å². The largest absolute Gasteiger partial charge is 0.351 e. The molecule has 0 saturated heterocycles. The van der Waals surface area contributed by atoms with Gasteiger partial charge in [0, 0.05) is 24.3 Å². The number of benzene rings is 3. The first-order chi connectivity index (χ1) is 15.1. The molecule has 0 fully saturated rings. The molecule has 1 aliphatic heterocycles. The van der Waals surface area contributed by atoms with E-state index in [2.05, 4.69) is 11.4 Å². The molecule has 0 spiro atoms. The number of nitrogens with zero attached hydrogens (tertiary/aromatic N) is 1. The maximum atomic E-state index is 13.2. The maximum absolute atomic E-state index is 13.2. The summed E-state index contributed by atoms with van der Waals surface area (Å²) in [5.41, 5.74) is 4.45. The summed E-state index contributed by atoms with van der Waals surface area (Å²) in [6, 6.07) is 21.4. The molecule has 2 amide bonds. The van der Waals surface area contributed by atoms with Gasteiger partial charge in [-0.1, -0.05) is 49.4 Å². The highest BCUT2D eigenvalue weighted by Crippen LogP contribution is 2.30. The Balaban J connectivity index is 1.43. The summed E-state index contributed by atoms with van der Waals surface area (Å²) < 4.78 is 13.2. The third kappa shape index (κ3) is 4.50. The van der Waals surface area contributed by atoms with Crippen molar-refractivity contribution in [3.05, 3.63) is 101 Å². The van der Waals surface area contributed by atoms with Gasteiger partial charge in [0.25, 0.3) is 5.91 Å². The van der Waals surface area contributed by atoms with Gasteiger partial charge >= 0.3 is 0 Å². The Labute approximate surface area is 181 Å². The van der Waals surface area contributed by atoms with Gasteiger partial charge in [0.05, 0.1) is 5.92 Å². The number of nitrogens with one attached hydrogen (secondary N) is 1. The normalized spacial score (nSPS) is 13.5. The Bertz CT molecular complexity index is 1080. The van der Waals surface area contributed by atoms with Crippen LogP contribution in [0, 0.1) is 5.82 Å². The Kier molecular flexibility index (Phi) is 6.12. The molecule has 5 heteroatoms. The average molecular weight is 416 g/mol. The molecule has 1 aliphatic rings.